The van der Waals surface area contributed by atoms with Crippen LogP contribution in [0.4, 0.5) is 0 Å². The van der Waals surface area contributed by atoms with Gasteiger partial charge < -0.3 is 4.90 Å². The number of benzene rings is 1. The molecule has 0 aliphatic rings. The zero-order chi connectivity index (χ0) is 19.1. The number of nitrogens with zero attached hydrogens (tertiary/aromatic N) is 4. The minimum atomic E-state index is 0.0511. The number of hydrogen-bond acceptors (Lipinski definition) is 5. The maximum Gasteiger partial charge on any atom is 0.233 e. The van der Waals surface area contributed by atoms with Crippen LogP contribution in [-0.2, 0) is 11.3 Å². The van der Waals surface area contributed by atoms with E-state index in [2.05, 4.69) is 47.2 Å². The van der Waals surface area contributed by atoms with E-state index >= 15 is 0 Å². The van der Waals surface area contributed by atoms with Crippen molar-refractivity contribution in [2.75, 3.05) is 12.3 Å². The standard InChI is InChI=1S/C20H24N4OS/c1-5-10-24(12-17-8-6-14(2)7-9-17)19(25)13-26-20-18(11-21)15(3)22-16(4)23-20/h6-9H,5,10,12-13H2,1-4H3. The highest BCUT2D eigenvalue weighted by Gasteiger charge is 2.17. The SMILES string of the molecule is CCCN(Cc1ccc(C)cc1)C(=O)CSc1nc(C)nc(C)c1C#N. The molecule has 1 amide bonds. The fourth-order valence-corrected chi connectivity index (χ4v) is 3.59. The minimum absolute atomic E-state index is 0.0511. The summed E-state index contributed by atoms with van der Waals surface area (Å²) in [5.74, 6) is 0.924. The predicted molar refractivity (Wildman–Crippen MR) is 104 cm³/mol. The molecule has 0 atom stereocenters. The molecule has 5 nitrogen and oxygen atoms in total. The van der Waals surface area contributed by atoms with Crippen molar-refractivity contribution < 1.29 is 4.79 Å². The van der Waals surface area contributed by atoms with E-state index in [9.17, 15) is 10.1 Å². The summed E-state index contributed by atoms with van der Waals surface area (Å²) >= 11 is 1.31. The molecule has 0 saturated carbocycles. The Hall–Kier alpha value is -2.39. The third-order valence-electron chi connectivity index (χ3n) is 3.95. The maximum absolute atomic E-state index is 12.7. The fourth-order valence-electron chi connectivity index (χ4n) is 2.61. The third kappa shape index (κ3) is 5.30. The molecule has 1 aromatic heterocycles. The lowest BCUT2D eigenvalue weighted by atomic mass is 10.1. The monoisotopic (exact) mass is 368 g/mol. The van der Waals surface area contributed by atoms with Gasteiger partial charge >= 0.3 is 0 Å². The molecule has 0 aliphatic heterocycles. The van der Waals surface area contributed by atoms with Crippen molar-refractivity contribution in [1.82, 2.24) is 14.9 Å². The van der Waals surface area contributed by atoms with Crippen molar-refractivity contribution in [2.24, 2.45) is 0 Å². The number of carbonyl (C=O) groups excluding carboxylic acids is 1. The van der Waals surface area contributed by atoms with E-state index in [4.69, 9.17) is 0 Å². The summed E-state index contributed by atoms with van der Waals surface area (Å²) in [6.07, 6.45) is 0.900. The number of hydrogen-bond donors (Lipinski definition) is 0. The average Bonchev–Trinajstić information content (AvgIpc) is 2.60. The van der Waals surface area contributed by atoms with Gasteiger partial charge in [-0.1, -0.05) is 48.5 Å². The fraction of sp³-hybridized carbons (Fsp3) is 0.400. The Balaban J connectivity index is 2.08. The summed E-state index contributed by atoms with van der Waals surface area (Å²) in [6, 6.07) is 10.4. The Bertz CT molecular complexity index is 812. The molecule has 1 heterocycles. The van der Waals surface area contributed by atoms with Crippen LogP contribution in [0.15, 0.2) is 29.3 Å². The number of thioether (sulfide) groups is 1. The van der Waals surface area contributed by atoms with Gasteiger partial charge in [-0.25, -0.2) is 9.97 Å². The van der Waals surface area contributed by atoms with E-state index in [0.717, 1.165) is 12.0 Å². The molecule has 0 bridgehead atoms. The van der Waals surface area contributed by atoms with E-state index in [-0.39, 0.29) is 11.7 Å². The van der Waals surface area contributed by atoms with Crippen LogP contribution in [0.5, 0.6) is 0 Å². The minimum Gasteiger partial charge on any atom is -0.338 e. The summed E-state index contributed by atoms with van der Waals surface area (Å²) in [5.41, 5.74) is 3.43. The lowest BCUT2D eigenvalue weighted by Crippen LogP contribution is -2.32. The molecule has 26 heavy (non-hydrogen) atoms. The van der Waals surface area contributed by atoms with E-state index in [0.29, 0.717) is 35.2 Å². The number of rotatable bonds is 7. The van der Waals surface area contributed by atoms with Crippen LogP contribution >= 0.6 is 11.8 Å². The summed E-state index contributed by atoms with van der Waals surface area (Å²) in [5, 5.41) is 9.91. The zero-order valence-electron chi connectivity index (χ0n) is 15.7. The molecule has 0 aliphatic carbocycles. The summed E-state index contributed by atoms with van der Waals surface area (Å²) in [6.45, 7) is 9.00. The summed E-state index contributed by atoms with van der Waals surface area (Å²) in [4.78, 5) is 23.1. The van der Waals surface area contributed by atoms with Crippen molar-refractivity contribution in [3.63, 3.8) is 0 Å². The summed E-state index contributed by atoms with van der Waals surface area (Å²) < 4.78 is 0. The molecule has 136 valence electrons. The highest BCUT2D eigenvalue weighted by molar-refractivity contribution is 8.00. The van der Waals surface area contributed by atoms with E-state index in [1.807, 2.05) is 11.8 Å². The van der Waals surface area contributed by atoms with Crippen LogP contribution in [0.3, 0.4) is 0 Å². The van der Waals surface area contributed by atoms with Gasteiger partial charge in [0.1, 0.15) is 22.5 Å². The van der Waals surface area contributed by atoms with Crippen LogP contribution in [-0.4, -0.2) is 33.1 Å². The van der Waals surface area contributed by atoms with Gasteiger partial charge in [0, 0.05) is 13.1 Å². The number of amides is 1. The molecule has 0 saturated heterocycles. The van der Waals surface area contributed by atoms with Crippen molar-refractivity contribution >= 4 is 17.7 Å². The van der Waals surface area contributed by atoms with Crippen LogP contribution in [0, 0.1) is 32.1 Å². The second-order valence-corrected chi connectivity index (χ2v) is 7.20. The predicted octanol–water partition coefficient (Wildman–Crippen LogP) is 3.80. The maximum atomic E-state index is 12.7. The Morgan fingerprint density at radius 3 is 2.50 bits per heavy atom. The second kappa shape index (κ2) is 9.35. The Labute approximate surface area is 159 Å². The summed E-state index contributed by atoms with van der Waals surface area (Å²) in [7, 11) is 0. The molecule has 2 rings (SSSR count). The number of aromatic nitrogens is 2. The van der Waals surface area contributed by atoms with Crippen LogP contribution < -0.4 is 0 Å². The molecule has 6 heteroatoms. The van der Waals surface area contributed by atoms with Gasteiger partial charge in [0.2, 0.25) is 5.91 Å². The van der Waals surface area contributed by atoms with Gasteiger partial charge in [-0.05, 0) is 32.8 Å². The van der Waals surface area contributed by atoms with E-state index in [1.54, 1.807) is 13.8 Å². The second-order valence-electron chi connectivity index (χ2n) is 6.24. The zero-order valence-corrected chi connectivity index (χ0v) is 16.6. The van der Waals surface area contributed by atoms with Gasteiger partial charge in [0.05, 0.1) is 11.4 Å². The van der Waals surface area contributed by atoms with Gasteiger partial charge in [0.25, 0.3) is 0 Å². The van der Waals surface area contributed by atoms with Crippen molar-refractivity contribution in [3.05, 3.63) is 52.5 Å². The molecule has 0 N–H and O–H groups in total. The van der Waals surface area contributed by atoms with Crippen LogP contribution in [0.2, 0.25) is 0 Å². The van der Waals surface area contributed by atoms with Crippen LogP contribution in [0.25, 0.3) is 0 Å². The van der Waals surface area contributed by atoms with Crippen LogP contribution in [0.1, 0.15) is 41.6 Å². The molecular formula is C20H24N4OS. The quantitative estimate of drug-likeness (QED) is 0.549. The first-order valence-electron chi connectivity index (χ1n) is 8.66. The number of carbonyl (C=O) groups is 1. The van der Waals surface area contributed by atoms with Gasteiger partial charge in [-0.2, -0.15) is 5.26 Å². The first kappa shape index (κ1) is 19.9. The molecule has 0 spiro atoms. The van der Waals surface area contributed by atoms with Crippen molar-refractivity contribution in [2.45, 2.75) is 45.7 Å². The molecule has 0 radical (unpaired) electrons. The first-order chi connectivity index (χ1) is 12.4. The molecule has 1 aromatic carbocycles. The van der Waals surface area contributed by atoms with E-state index in [1.165, 1.54) is 17.3 Å². The Morgan fingerprint density at radius 1 is 1.19 bits per heavy atom. The van der Waals surface area contributed by atoms with Gasteiger partial charge in [0.15, 0.2) is 0 Å². The normalized spacial score (nSPS) is 10.4. The number of nitriles is 1. The van der Waals surface area contributed by atoms with Crippen molar-refractivity contribution in [3.8, 4) is 6.07 Å². The molecule has 0 fully saturated rings. The average molecular weight is 369 g/mol. The molecule has 0 unspecified atom stereocenters. The topological polar surface area (TPSA) is 69.9 Å². The molecule has 2 aromatic rings. The third-order valence-corrected chi connectivity index (χ3v) is 4.91. The number of aryl methyl sites for hydroxylation is 3. The van der Waals surface area contributed by atoms with Crippen molar-refractivity contribution in [1.29, 1.82) is 5.26 Å². The largest absolute Gasteiger partial charge is 0.338 e. The Kier molecular flexibility index (Phi) is 7.16. The van der Waals surface area contributed by atoms with Gasteiger partial charge in [-0.3, -0.25) is 4.79 Å². The smallest absolute Gasteiger partial charge is 0.233 e. The highest BCUT2D eigenvalue weighted by Crippen LogP contribution is 2.22. The first-order valence-corrected chi connectivity index (χ1v) is 9.64. The Morgan fingerprint density at radius 2 is 1.88 bits per heavy atom. The lowest BCUT2D eigenvalue weighted by Gasteiger charge is -2.22. The molecular weight excluding hydrogens is 344 g/mol. The highest BCUT2D eigenvalue weighted by atomic mass is 32.2. The van der Waals surface area contributed by atoms with Gasteiger partial charge in [-0.15, -0.1) is 0 Å². The van der Waals surface area contributed by atoms with E-state index < -0.39 is 0 Å². The lowest BCUT2D eigenvalue weighted by molar-refractivity contribution is -0.129.